The van der Waals surface area contributed by atoms with Crippen LogP contribution in [0.25, 0.3) is 0 Å². The van der Waals surface area contributed by atoms with Gasteiger partial charge in [0.25, 0.3) is 0 Å². The molecular formula is C25H38N2O6. The van der Waals surface area contributed by atoms with E-state index in [9.17, 15) is 25.5 Å². The Labute approximate surface area is 195 Å². The summed E-state index contributed by atoms with van der Waals surface area (Å²) in [5, 5.41) is 63.5. The van der Waals surface area contributed by atoms with Gasteiger partial charge in [-0.15, -0.1) is 0 Å². The van der Waals surface area contributed by atoms with E-state index >= 15 is 0 Å². The van der Waals surface area contributed by atoms with Crippen molar-refractivity contribution in [2.75, 3.05) is 13.1 Å². The van der Waals surface area contributed by atoms with Crippen LogP contribution in [0.1, 0.15) is 68.9 Å². The first-order valence-electron chi connectivity index (χ1n) is 11.3. The highest BCUT2D eigenvalue weighted by molar-refractivity contribution is 5.41. The van der Waals surface area contributed by atoms with Crippen molar-refractivity contribution in [2.24, 2.45) is 0 Å². The maximum atomic E-state index is 10.1. The monoisotopic (exact) mass is 462 g/mol. The molecular weight excluding hydrogens is 424 g/mol. The van der Waals surface area contributed by atoms with Gasteiger partial charge in [-0.25, -0.2) is 0 Å². The van der Waals surface area contributed by atoms with E-state index in [0.29, 0.717) is 23.2 Å². The second kappa shape index (κ2) is 12.2. The molecule has 1 aliphatic rings. The molecule has 0 spiro atoms. The SMILES string of the molecule is CC(C)(C)NCC(O)c1ccc(O)c(CO)c1.Oc1ccc([C@H](O)[C@H]2CCCCN2)cc1O. The summed E-state index contributed by atoms with van der Waals surface area (Å²) in [5.41, 5.74) is 1.69. The highest BCUT2D eigenvalue weighted by Gasteiger charge is 2.23. The van der Waals surface area contributed by atoms with Crippen LogP contribution in [0.15, 0.2) is 36.4 Å². The first-order chi connectivity index (χ1) is 15.5. The Kier molecular flexibility index (Phi) is 9.94. The van der Waals surface area contributed by atoms with Gasteiger partial charge < -0.3 is 41.3 Å². The van der Waals surface area contributed by atoms with Gasteiger partial charge in [0.2, 0.25) is 0 Å². The number of benzene rings is 2. The molecule has 2 aromatic rings. The predicted octanol–water partition coefficient (Wildman–Crippen LogP) is 2.58. The number of phenols is 3. The van der Waals surface area contributed by atoms with Crippen LogP contribution in [-0.2, 0) is 6.61 Å². The van der Waals surface area contributed by atoms with Crippen LogP contribution in [0.3, 0.4) is 0 Å². The van der Waals surface area contributed by atoms with Crippen molar-refractivity contribution < 1.29 is 30.6 Å². The van der Waals surface area contributed by atoms with E-state index in [-0.39, 0.29) is 35.4 Å². The van der Waals surface area contributed by atoms with Gasteiger partial charge >= 0.3 is 0 Å². The highest BCUT2D eigenvalue weighted by Crippen LogP contribution is 2.30. The second-order valence-electron chi connectivity index (χ2n) is 9.44. The number of piperidine rings is 1. The molecule has 1 saturated heterocycles. The van der Waals surface area contributed by atoms with E-state index < -0.39 is 12.2 Å². The summed E-state index contributed by atoms with van der Waals surface area (Å²) in [5.74, 6) is -0.299. The fourth-order valence-corrected chi connectivity index (χ4v) is 3.57. The lowest BCUT2D eigenvalue weighted by atomic mass is 9.95. The maximum Gasteiger partial charge on any atom is 0.157 e. The standard InChI is InChI=1S/C13H21NO3.C12H17NO3/c1-13(2,3)14-7-12(17)9-4-5-11(16)10(6-9)8-15;14-10-5-4-8(7-11(10)15)12(16)9-3-1-2-6-13-9/h4-6,12,14-17H,7-8H2,1-3H3;4-5,7,9,12-16H,1-3,6H2/t;9-,12+/m.1/s1. The first kappa shape index (κ1) is 26.9. The summed E-state index contributed by atoms with van der Waals surface area (Å²) < 4.78 is 0. The number of aliphatic hydroxyl groups excluding tert-OH is 3. The summed E-state index contributed by atoms with van der Waals surface area (Å²) in [6, 6.07) is 9.25. The van der Waals surface area contributed by atoms with Crippen molar-refractivity contribution in [1.29, 1.82) is 0 Å². The van der Waals surface area contributed by atoms with Crippen molar-refractivity contribution in [3.8, 4) is 17.2 Å². The fourth-order valence-electron chi connectivity index (χ4n) is 3.57. The van der Waals surface area contributed by atoms with Crippen LogP contribution in [0, 0.1) is 0 Å². The number of aromatic hydroxyl groups is 3. The zero-order valence-corrected chi connectivity index (χ0v) is 19.6. The van der Waals surface area contributed by atoms with Gasteiger partial charge in [0.05, 0.1) is 18.8 Å². The van der Waals surface area contributed by atoms with Crippen LogP contribution < -0.4 is 10.6 Å². The van der Waals surface area contributed by atoms with Crippen molar-refractivity contribution in [1.82, 2.24) is 10.6 Å². The van der Waals surface area contributed by atoms with Crippen molar-refractivity contribution >= 4 is 0 Å². The quantitative estimate of drug-likeness (QED) is 0.306. The smallest absolute Gasteiger partial charge is 0.157 e. The Bertz CT molecular complexity index is 878. The highest BCUT2D eigenvalue weighted by atomic mass is 16.3. The zero-order chi connectivity index (χ0) is 24.6. The molecule has 184 valence electrons. The molecule has 3 atom stereocenters. The minimum absolute atomic E-state index is 0.0395. The molecule has 8 heteroatoms. The Morgan fingerprint density at radius 2 is 1.61 bits per heavy atom. The Morgan fingerprint density at radius 3 is 2.18 bits per heavy atom. The molecule has 0 aliphatic carbocycles. The molecule has 1 aliphatic heterocycles. The molecule has 0 aromatic heterocycles. The largest absolute Gasteiger partial charge is 0.508 e. The second-order valence-corrected chi connectivity index (χ2v) is 9.44. The zero-order valence-electron chi connectivity index (χ0n) is 19.6. The van der Waals surface area contributed by atoms with Crippen molar-refractivity contribution in [3.63, 3.8) is 0 Å². The van der Waals surface area contributed by atoms with Crippen LogP contribution in [-0.4, -0.2) is 55.3 Å². The van der Waals surface area contributed by atoms with E-state index in [1.807, 2.05) is 20.8 Å². The number of nitrogens with one attached hydrogen (secondary N) is 2. The molecule has 0 radical (unpaired) electrons. The van der Waals surface area contributed by atoms with Gasteiger partial charge in [0.15, 0.2) is 11.5 Å². The van der Waals surface area contributed by atoms with Crippen LogP contribution >= 0.6 is 0 Å². The molecule has 1 fully saturated rings. The van der Waals surface area contributed by atoms with Gasteiger partial charge in [0.1, 0.15) is 5.75 Å². The molecule has 33 heavy (non-hydrogen) atoms. The summed E-state index contributed by atoms with van der Waals surface area (Å²) in [6.07, 6.45) is 1.90. The predicted molar refractivity (Wildman–Crippen MR) is 127 cm³/mol. The van der Waals surface area contributed by atoms with Crippen molar-refractivity contribution in [3.05, 3.63) is 53.1 Å². The first-order valence-corrected chi connectivity index (χ1v) is 11.3. The molecule has 0 amide bonds. The number of rotatable bonds is 6. The molecule has 0 saturated carbocycles. The molecule has 1 heterocycles. The molecule has 8 N–H and O–H groups in total. The van der Waals surface area contributed by atoms with Crippen molar-refractivity contribution in [2.45, 2.75) is 70.4 Å². The summed E-state index contributed by atoms with van der Waals surface area (Å²) in [6.45, 7) is 7.19. The number of aliphatic hydroxyl groups is 3. The van der Waals surface area contributed by atoms with Gasteiger partial charge in [-0.3, -0.25) is 0 Å². The van der Waals surface area contributed by atoms with E-state index in [1.54, 1.807) is 18.2 Å². The molecule has 0 bridgehead atoms. The summed E-state index contributed by atoms with van der Waals surface area (Å²) in [4.78, 5) is 0. The minimum Gasteiger partial charge on any atom is -0.508 e. The Morgan fingerprint density at radius 1 is 0.939 bits per heavy atom. The Hall–Kier alpha value is -2.36. The molecule has 2 aromatic carbocycles. The average molecular weight is 463 g/mol. The molecule has 1 unspecified atom stereocenters. The number of hydrogen-bond acceptors (Lipinski definition) is 8. The summed E-state index contributed by atoms with van der Waals surface area (Å²) >= 11 is 0. The summed E-state index contributed by atoms with van der Waals surface area (Å²) in [7, 11) is 0. The van der Waals surface area contributed by atoms with Crippen LogP contribution in [0.4, 0.5) is 0 Å². The third-order valence-corrected chi connectivity index (χ3v) is 5.55. The third kappa shape index (κ3) is 8.49. The third-order valence-electron chi connectivity index (χ3n) is 5.55. The maximum absolute atomic E-state index is 10.1. The van der Waals surface area contributed by atoms with E-state index in [4.69, 9.17) is 5.11 Å². The van der Waals surface area contributed by atoms with Gasteiger partial charge in [-0.05, 0) is 75.5 Å². The van der Waals surface area contributed by atoms with Gasteiger partial charge in [0, 0.05) is 23.7 Å². The number of hydrogen-bond donors (Lipinski definition) is 8. The minimum atomic E-state index is -0.653. The lowest BCUT2D eigenvalue weighted by Gasteiger charge is -2.28. The van der Waals surface area contributed by atoms with E-state index in [1.165, 1.54) is 18.2 Å². The van der Waals surface area contributed by atoms with E-state index in [0.717, 1.165) is 25.8 Å². The number of β-amino-alcohol motifs (C(OH)–C–C–N with tert-alkyl or cyclic N) is 1. The van der Waals surface area contributed by atoms with Gasteiger partial charge in [-0.2, -0.15) is 0 Å². The van der Waals surface area contributed by atoms with Crippen LogP contribution in [0.2, 0.25) is 0 Å². The van der Waals surface area contributed by atoms with Gasteiger partial charge in [-0.1, -0.05) is 18.6 Å². The fraction of sp³-hybridized carbons (Fsp3) is 0.520. The lowest BCUT2D eigenvalue weighted by molar-refractivity contribution is 0.113. The van der Waals surface area contributed by atoms with E-state index in [2.05, 4.69) is 10.6 Å². The Balaban J connectivity index is 0.000000234. The number of phenolic OH excluding ortho intramolecular Hbond substituents is 2. The normalized spacial score (nSPS) is 18.2. The average Bonchev–Trinajstić information content (AvgIpc) is 2.79. The van der Waals surface area contributed by atoms with Crippen LogP contribution in [0.5, 0.6) is 17.2 Å². The molecule has 8 nitrogen and oxygen atoms in total. The molecule has 3 rings (SSSR count). The lowest BCUT2D eigenvalue weighted by Crippen LogP contribution is -2.38. The topological polar surface area (TPSA) is 145 Å².